The second kappa shape index (κ2) is 10.7. The van der Waals surface area contributed by atoms with Gasteiger partial charge < -0.3 is 15.1 Å². The lowest BCUT2D eigenvalue weighted by Crippen LogP contribution is -2.52. The third kappa shape index (κ3) is 6.66. The van der Waals surface area contributed by atoms with E-state index in [0.29, 0.717) is 5.02 Å². The largest absolute Gasteiger partial charge is 0.479 e. The van der Waals surface area contributed by atoms with Crippen LogP contribution in [0.25, 0.3) is 11.1 Å². The van der Waals surface area contributed by atoms with Gasteiger partial charge in [-0.2, -0.15) is 5.10 Å². The van der Waals surface area contributed by atoms with E-state index < -0.39 is 24.0 Å². The SMILES string of the molecule is CN(C)C(=O)c1cc(C(=O)NN(Cc2ccc(-c3cccc(Cl)c3)cc2)C[C@@](C)(O)C(=O)O)n[nH]1. The molecule has 0 spiro atoms. The highest BCUT2D eigenvalue weighted by molar-refractivity contribution is 6.30. The van der Waals surface area contributed by atoms with Gasteiger partial charge in [0.25, 0.3) is 11.8 Å². The number of rotatable bonds is 9. The minimum Gasteiger partial charge on any atom is -0.479 e. The van der Waals surface area contributed by atoms with E-state index in [-0.39, 0.29) is 23.8 Å². The van der Waals surface area contributed by atoms with Crippen molar-refractivity contribution in [1.82, 2.24) is 25.5 Å². The highest BCUT2D eigenvalue weighted by Crippen LogP contribution is 2.23. The second-order valence-electron chi connectivity index (χ2n) is 8.45. The zero-order chi connectivity index (χ0) is 25.8. The minimum atomic E-state index is -2.13. The van der Waals surface area contributed by atoms with Crippen LogP contribution in [0, 0.1) is 0 Å². The van der Waals surface area contributed by atoms with E-state index in [1.165, 1.54) is 16.0 Å². The van der Waals surface area contributed by atoms with Gasteiger partial charge in [-0.05, 0) is 35.7 Å². The first-order chi connectivity index (χ1) is 16.5. The minimum absolute atomic E-state index is 0.0635. The Bertz CT molecular complexity index is 1220. The summed E-state index contributed by atoms with van der Waals surface area (Å²) in [4.78, 5) is 37.6. The molecule has 1 atom stereocenters. The van der Waals surface area contributed by atoms with Crippen molar-refractivity contribution in [2.75, 3.05) is 20.6 Å². The lowest BCUT2D eigenvalue weighted by atomic mass is 10.0. The second-order valence-corrected chi connectivity index (χ2v) is 8.89. The Morgan fingerprint density at radius 1 is 1.09 bits per heavy atom. The number of carbonyl (C=O) groups is 3. The van der Waals surface area contributed by atoms with Gasteiger partial charge in [0.15, 0.2) is 11.3 Å². The summed E-state index contributed by atoms with van der Waals surface area (Å²) in [5, 5.41) is 27.9. The molecular weight excluding hydrogens is 474 g/mol. The molecule has 2 aromatic carbocycles. The van der Waals surface area contributed by atoms with Crippen molar-refractivity contribution in [1.29, 1.82) is 0 Å². The molecule has 10 nitrogen and oxygen atoms in total. The molecule has 35 heavy (non-hydrogen) atoms. The van der Waals surface area contributed by atoms with Crippen molar-refractivity contribution in [2.45, 2.75) is 19.1 Å². The lowest BCUT2D eigenvalue weighted by Gasteiger charge is -2.29. The molecular formula is C24H26ClN5O5. The van der Waals surface area contributed by atoms with Gasteiger partial charge in [0.2, 0.25) is 0 Å². The number of nitrogens with one attached hydrogen (secondary N) is 2. The van der Waals surface area contributed by atoms with Gasteiger partial charge in [0.1, 0.15) is 5.69 Å². The molecule has 4 N–H and O–H groups in total. The maximum Gasteiger partial charge on any atom is 0.336 e. The number of aromatic nitrogens is 2. The number of hydrazine groups is 1. The van der Waals surface area contributed by atoms with Crippen LogP contribution in [0.15, 0.2) is 54.6 Å². The topological polar surface area (TPSA) is 139 Å². The highest BCUT2D eigenvalue weighted by Gasteiger charge is 2.33. The molecule has 184 valence electrons. The molecule has 0 fully saturated rings. The molecule has 11 heteroatoms. The average Bonchev–Trinajstić information content (AvgIpc) is 3.29. The fourth-order valence-corrected chi connectivity index (χ4v) is 3.44. The van der Waals surface area contributed by atoms with E-state index in [1.807, 2.05) is 42.5 Å². The Hall–Kier alpha value is -3.73. The monoisotopic (exact) mass is 499 g/mol. The van der Waals surface area contributed by atoms with Crippen LogP contribution in [0.2, 0.25) is 5.02 Å². The summed E-state index contributed by atoms with van der Waals surface area (Å²) in [5.74, 6) is -2.47. The first-order valence-electron chi connectivity index (χ1n) is 10.6. The quantitative estimate of drug-likeness (QED) is 0.331. The summed E-state index contributed by atoms with van der Waals surface area (Å²) < 4.78 is 0. The number of nitrogens with zero attached hydrogens (tertiary/aromatic N) is 3. The normalized spacial score (nSPS) is 12.7. The fraction of sp³-hybridized carbons (Fsp3) is 0.250. The molecule has 0 saturated carbocycles. The summed E-state index contributed by atoms with van der Waals surface area (Å²) in [6, 6.07) is 16.1. The highest BCUT2D eigenvalue weighted by atomic mass is 35.5. The van der Waals surface area contributed by atoms with Gasteiger partial charge in [-0.25, -0.2) is 9.80 Å². The Balaban J connectivity index is 1.79. The van der Waals surface area contributed by atoms with Crippen molar-refractivity contribution in [3.63, 3.8) is 0 Å². The number of benzene rings is 2. The van der Waals surface area contributed by atoms with Gasteiger partial charge in [-0.15, -0.1) is 0 Å². The van der Waals surface area contributed by atoms with Gasteiger partial charge in [0, 0.05) is 31.7 Å². The predicted octanol–water partition coefficient (Wildman–Crippen LogP) is 2.41. The van der Waals surface area contributed by atoms with E-state index in [9.17, 15) is 24.6 Å². The van der Waals surface area contributed by atoms with E-state index >= 15 is 0 Å². The summed E-state index contributed by atoms with van der Waals surface area (Å²) in [5.41, 5.74) is 3.12. The number of aliphatic hydroxyl groups is 1. The molecule has 0 saturated heterocycles. The molecule has 3 rings (SSSR count). The Labute approximate surface area is 207 Å². The van der Waals surface area contributed by atoms with Gasteiger partial charge in [-0.1, -0.05) is 48.0 Å². The van der Waals surface area contributed by atoms with E-state index in [4.69, 9.17) is 11.6 Å². The summed E-state index contributed by atoms with van der Waals surface area (Å²) in [7, 11) is 3.13. The third-order valence-corrected chi connectivity index (χ3v) is 5.39. The summed E-state index contributed by atoms with van der Waals surface area (Å²) in [6.45, 7) is 0.829. The van der Waals surface area contributed by atoms with E-state index in [1.54, 1.807) is 20.2 Å². The standard InChI is InChI=1S/C24H26ClN5O5/c1-24(35,23(33)34)14-30(28-21(31)19-12-20(27-26-19)22(32)29(2)3)13-15-7-9-16(10-8-15)17-5-4-6-18(25)11-17/h4-12,35H,13-14H2,1-3H3,(H,26,27)(H,28,31)(H,33,34)/t24-/m1/s1. The van der Waals surface area contributed by atoms with Crippen LogP contribution >= 0.6 is 11.6 Å². The van der Waals surface area contributed by atoms with Crippen LogP contribution in [0.4, 0.5) is 0 Å². The number of amides is 2. The average molecular weight is 500 g/mol. The molecule has 1 heterocycles. The smallest absolute Gasteiger partial charge is 0.336 e. The first-order valence-corrected chi connectivity index (χ1v) is 11.0. The number of aliphatic carboxylic acids is 1. The molecule has 0 unspecified atom stereocenters. The predicted molar refractivity (Wildman–Crippen MR) is 130 cm³/mol. The molecule has 0 aliphatic carbocycles. The number of carbonyl (C=O) groups excluding carboxylic acids is 2. The van der Waals surface area contributed by atoms with Crippen molar-refractivity contribution < 1.29 is 24.6 Å². The number of H-pyrrole nitrogens is 1. The number of hydrogen-bond donors (Lipinski definition) is 4. The van der Waals surface area contributed by atoms with Crippen LogP contribution in [0.5, 0.6) is 0 Å². The van der Waals surface area contributed by atoms with Gasteiger partial charge in [0.05, 0.1) is 6.54 Å². The number of hydrogen-bond acceptors (Lipinski definition) is 6. The number of aromatic amines is 1. The zero-order valence-corrected chi connectivity index (χ0v) is 20.2. The molecule has 0 radical (unpaired) electrons. The fourth-order valence-electron chi connectivity index (χ4n) is 3.25. The van der Waals surface area contributed by atoms with Gasteiger partial charge >= 0.3 is 5.97 Å². The van der Waals surface area contributed by atoms with Crippen LogP contribution in [-0.2, 0) is 11.3 Å². The lowest BCUT2D eigenvalue weighted by molar-refractivity contribution is -0.159. The van der Waals surface area contributed by atoms with E-state index in [2.05, 4.69) is 15.6 Å². The van der Waals surface area contributed by atoms with Crippen molar-refractivity contribution in [2.24, 2.45) is 0 Å². The van der Waals surface area contributed by atoms with Crippen LogP contribution in [0.3, 0.4) is 0 Å². The Morgan fingerprint density at radius 3 is 2.37 bits per heavy atom. The maximum atomic E-state index is 12.8. The maximum absolute atomic E-state index is 12.8. The van der Waals surface area contributed by atoms with Crippen molar-refractivity contribution >= 4 is 29.4 Å². The van der Waals surface area contributed by atoms with Gasteiger partial charge in [-0.3, -0.25) is 20.1 Å². The molecule has 2 amide bonds. The first kappa shape index (κ1) is 25.9. The number of halogens is 1. The molecule has 3 aromatic rings. The Kier molecular flexibility index (Phi) is 7.90. The molecule has 0 aliphatic heterocycles. The van der Waals surface area contributed by atoms with E-state index in [0.717, 1.165) is 23.6 Å². The Morgan fingerprint density at radius 2 is 1.77 bits per heavy atom. The van der Waals surface area contributed by atoms with Crippen molar-refractivity contribution in [3.05, 3.63) is 76.6 Å². The molecule has 0 bridgehead atoms. The number of carboxylic acids is 1. The van der Waals surface area contributed by atoms with Crippen LogP contribution in [-0.4, -0.2) is 74.3 Å². The van der Waals surface area contributed by atoms with Crippen LogP contribution in [0.1, 0.15) is 33.5 Å². The third-order valence-electron chi connectivity index (χ3n) is 5.15. The zero-order valence-electron chi connectivity index (χ0n) is 19.4. The molecule has 1 aromatic heterocycles. The van der Waals surface area contributed by atoms with Crippen molar-refractivity contribution in [3.8, 4) is 11.1 Å². The summed E-state index contributed by atoms with van der Waals surface area (Å²) >= 11 is 6.07. The summed E-state index contributed by atoms with van der Waals surface area (Å²) in [6.07, 6.45) is 0. The van der Waals surface area contributed by atoms with Crippen LogP contribution < -0.4 is 5.43 Å². The molecule has 0 aliphatic rings. The number of carboxylic acid groups (broad SMARTS) is 1.